The molecule has 0 unspecified atom stereocenters. The maximum Gasteiger partial charge on any atom is 0.344 e. The van der Waals surface area contributed by atoms with Crippen molar-refractivity contribution in [1.82, 2.24) is 5.32 Å². The Labute approximate surface area is 149 Å². The van der Waals surface area contributed by atoms with Crippen molar-refractivity contribution < 1.29 is 23.5 Å². The molecule has 0 radical (unpaired) electrons. The van der Waals surface area contributed by atoms with Crippen LogP contribution in [0.5, 0.6) is 5.75 Å². The first-order valence-electron chi connectivity index (χ1n) is 7.53. The molecular formula is C18H17ClFNO4. The predicted octanol–water partition coefficient (Wildman–Crippen LogP) is 3.28. The molecule has 1 N–H and O–H groups in total. The van der Waals surface area contributed by atoms with Gasteiger partial charge in [-0.2, -0.15) is 0 Å². The summed E-state index contributed by atoms with van der Waals surface area (Å²) >= 11 is 5.91. The Morgan fingerprint density at radius 3 is 2.56 bits per heavy atom. The molecule has 1 amide bonds. The van der Waals surface area contributed by atoms with Gasteiger partial charge in [0, 0.05) is 5.02 Å². The summed E-state index contributed by atoms with van der Waals surface area (Å²) in [5.41, 5.74) is 0.840. The van der Waals surface area contributed by atoms with Crippen LogP contribution in [0.25, 0.3) is 0 Å². The van der Waals surface area contributed by atoms with E-state index in [0.717, 1.165) is 5.56 Å². The minimum Gasteiger partial charge on any atom is -0.482 e. The van der Waals surface area contributed by atoms with Crippen LogP contribution in [0.4, 0.5) is 4.39 Å². The van der Waals surface area contributed by atoms with E-state index in [4.69, 9.17) is 21.1 Å². The van der Waals surface area contributed by atoms with E-state index in [0.29, 0.717) is 10.8 Å². The largest absolute Gasteiger partial charge is 0.482 e. The van der Waals surface area contributed by atoms with Gasteiger partial charge in [-0.05, 0) is 48.9 Å². The molecule has 0 bridgehead atoms. The van der Waals surface area contributed by atoms with Crippen molar-refractivity contribution >= 4 is 23.5 Å². The number of nitrogens with one attached hydrogen (secondary N) is 1. The average Bonchev–Trinajstić information content (AvgIpc) is 2.59. The zero-order chi connectivity index (χ0) is 18.2. The van der Waals surface area contributed by atoms with Gasteiger partial charge in [-0.1, -0.05) is 23.7 Å². The van der Waals surface area contributed by atoms with Gasteiger partial charge in [0.05, 0.1) is 6.04 Å². The van der Waals surface area contributed by atoms with E-state index >= 15 is 0 Å². The fourth-order valence-electron chi connectivity index (χ4n) is 2.00. The Bertz CT molecular complexity index is 736. The first kappa shape index (κ1) is 18.7. The maximum absolute atomic E-state index is 12.7. The number of halogens is 2. The second-order valence-electron chi connectivity index (χ2n) is 5.25. The predicted molar refractivity (Wildman–Crippen MR) is 90.9 cm³/mol. The van der Waals surface area contributed by atoms with Gasteiger partial charge in [-0.25, -0.2) is 9.18 Å². The molecular weight excluding hydrogens is 349 g/mol. The summed E-state index contributed by atoms with van der Waals surface area (Å²) in [4.78, 5) is 23.4. The van der Waals surface area contributed by atoms with Gasteiger partial charge in [0.25, 0.3) is 5.91 Å². The molecule has 0 fully saturated rings. The number of carbonyl (C=O) groups excluding carboxylic acids is 2. The van der Waals surface area contributed by atoms with Crippen LogP contribution < -0.4 is 10.1 Å². The molecule has 0 aliphatic carbocycles. The van der Waals surface area contributed by atoms with Crippen LogP contribution in [-0.4, -0.2) is 25.1 Å². The summed E-state index contributed by atoms with van der Waals surface area (Å²) in [6.45, 7) is 1.00. The number of hydrogen-bond acceptors (Lipinski definition) is 4. The maximum atomic E-state index is 12.7. The molecule has 25 heavy (non-hydrogen) atoms. The highest BCUT2D eigenvalue weighted by Crippen LogP contribution is 2.17. The summed E-state index contributed by atoms with van der Waals surface area (Å²) in [5.74, 6) is -1.21. The van der Waals surface area contributed by atoms with Crippen molar-refractivity contribution in [3.8, 4) is 5.75 Å². The summed E-state index contributed by atoms with van der Waals surface area (Å²) in [7, 11) is 0. The van der Waals surface area contributed by atoms with E-state index in [1.165, 1.54) is 24.3 Å². The number of carbonyl (C=O) groups is 2. The zero-order valence-corrected chi connectivity index (χ0v) is 14.3. The van der Waals surface area contributed by atoms with Crippen LogP contribution in [0.1, 0.15) is 18.5 Å². The number of amides is 1. The lowest BCUT2D eigenvalue weighted by atomic mass is 10.1. The van der Waals surface area contributed by atoms with E-state index in [1.807, 2.05) is 6.07 Å². The number of benzene rings is 2. The van der Waals surface area contributed by atoms with E-state index in [-0.39, 0.29) is 12.6 Å². The number of hydrogen-bond donors (Lipinski definition) is 1. The number of esters is 1. The van der Waals surface area contributed by atoms with Crippen molar-refractivity contribution in [3.05, 3.63) is 64.9 Å². The molecule has 2 aromatic rings. The van der Waals surface area contributed by atoms with Crippen molar-refractivity contribution in [2.75, 3.05) is 13.2 Å². The van der Waals surface area contributed by atoms with Gasteiger partial charge in [-0.3, -0.25) is 4.79 Å². The molecule has 0 saturated carbocycles. The Balaban J connectivity index is 1.71. The number of rotatable bonds is 7. The first-order chi connectivity index (χ1) is 11.9. The normalized spacial score (nSPS) is 11.5. The molecule has 5 nitrogen and oxygen atoms in total. The Kier molecular flexibility index (Phi) is 6.77. The Morgan fingerprint density at radius 2 is 1.88 bits per heavy atom. The number of ether oxygens (including phenoxy) is 2. The molecule has 132 valence electrons. The van der Waals surface area contributed by atoms with E-state index in [1.54, 1.807) is 25.1 Å². The highest BCUT2D eigenvalue weighted by Gasteiger charge is 2.12. The molecule has 0 saturated heterocycles. The molecule has 0 aliphatic rings. The van der Waals surface area contributed by atoms with Gasteiger partial charge in [-0.15, -0.1) is 0 Å². The standard InChI is InChI=1S/C18H17ClFNO4/c1-12(13-3-2-4-14(19)9-13)21-17(22)10-25-18(23)11-24-16-7-5-15(20)6-8-16/h2-9,12H,10-11H2,1H3,(H,21,22)/t12-/m1/s1. The van der Waals surface area contributed by atoms with Crippen LogP contribution in [0.15, 0.2) is 48.5 Å². The van der Waals surface area contributed by atoms with Gasteiger partial charge >= 0.3 is 5.97 Å². The van der Waals surface area contributed by atoms with Gasteiger partial charge in [0.1, 0.15) is 11.6 Å². The highest BCUT2D eigenvalue weighted by atomic mass is 35.5. The van der Waals surface area contributed by atoms with E-state index in [9.17, 15) is 14.0 Å². The van der Waals surface area contributed by atoms with Crippen molar-refractivity contribution in [3.63, 3.8) is 0 Å². The molecule has 0 heterocycles. The Morgan fingerprint density at radius 1 is 1.16 bits per heavy atom. The van der Waals surface area contributed by atoms with Gasteiger partial charge in [0.15, 0.2) is 13.2 Å². The lowest BCUT2D eigenvalue weighted by Gasteiger charge is -2.14. The third-order valence-corrected chi connectivity index (χ3v) is 3.50. The molecule has 2 aromatic carbocycles. The van der Waals surface area contributed by atoms with Crippen LogP contribution in [-0.2, 0) is 14.3 Å². The van der Waals surface area contributed by atoms with E-state index in [2.05, 4.69) is 5.32 Å². The fraction of sp³-hybridized carbons (Fsp3) is 0.222. The summed E-state index contributed by atoms with van der Waals surface area (Å²) in [6, 6.07) is 12.0. The first-order valence-corrected chi connectivity index (χ1v) is 7.90. The lowest BCUT2D eigenvalue weighted by molar-refractivity contribution is -0.150. The van der Waals surface area contributed by atoms with Crippen LogP contribution in [0, 0.1) is 5.82 Å². The third-order valence-electron chi connectivity index (χ3n) is 3.26. The second kappa shape index (κ2) is 9.03. The summed E-state index contributed by atoms with van der Waals surface area (Å²) in [6.07, 6.45) is 0. The third kappa shape index (κ3) is 6.43. The van der Waals surface area contributed by atoms with Gasteiger partial charge in [0.2, 0.25) is 0 Å². The van der Waals surface area contributed by atoms with E-state index < -0.39 is 24.3 Å². The summed E-state index contributed by atoms with van der Waals surface area (Å²) in [5, 5.41) is 3.27. The molecule has 1 atom stereocenters. The molecule has 2 rings (SSSR count). The minimum atomic E-state index is -0.699. The van der Waals surface area contributed by atoms with Crippen LogP contribution >= 0.6 is 11.6 Å². The van der Waals surface area contributed by atoms with Crippen molar-refractivity contribution in [2.24, 2.45) is 0 Å². The minimum absolute atomic E-state index is 0.277. The quantitative estimate of drug-likeness (QED) is 0.765. The van der Waals surface area contributed by atoms with Crippen molar-refractivity contribution in [1.29, 1.82) is 0 Å². The molecule has 0 aliphatic heterocycles. The second-order valence-corrected chi connectivity index (χ2v) is 5.68. The monoisotopic (exact) mass is 365 g/mol. The summed E-state index contributed by atoms with van der Waals surface area (Å²) < 4.78 is 22.7. The molecule has 0 spiro atoms. The fourth-order valence-corrected chi connectivity index (χ4v) is 2.20. The van der Waals surface area contributed by atoms with Gasteiger partial charge < -0.3 is 14.8 Å². The van der Waals surface area contributed by atoms with Crippen LogP contribution in [0.2, 0.25) is 5.02 Å². The lowest BCUT2D eigenvalue weighted by Crippen LogP contribution is -2.31. The smallest absolute Gasteiger partial charge is 0.344 e. The Hall–Kier alpha value is -2.60. The molecule has 7 heteroatoms. The average molecular weight is 366 g/mol. The topological polar surface area (TPSA) is 64.6 Å². The molecule has 0 aromatic heterocycles. The zero-order valence-electron chi connectivity index (χ0n) is 13.5. The highest BCUT2D eigenvalue weighted by molar-refractivity contribution is 6.30. The van der Waals surface area contributed by atoms with Crippen molar-refractivity contribution in [2.45, 2.75) is 13.0 Å². The van der Waals surface area contributed by atoms with Crippen LogP contribution in [0.3, 0.4) is 0 Å². The SMILES string of the molecule is C[C@@H](NC(=O)COC(=O)COc1ccc(F)cc1)c1cccc(Cl)c1.